The zero-order valence-electron chi connectivity index (χ0n) is 16.1. The summed E-state index contributed by atoms with van der Waals surface area (Å²) in [5.74, 6) is 0.244. The molecule has 0 fully saturated rings. The highest BCUT2D eigenvalue weighted by molar-refractivity contribution is 6.09. The summed E-state index contributed by atoms with van der Waals surface area (Å²) in [6.07, 6.45) is 6.78. The number of methoxy groups -OCH3 is 1. The van der Waals surface area contributed by atoms with E-state index >= 15 is 0 Å². The lowest BCUT2D eigenvalue weighted by Gasteiger charge is -2.07. The molecule has 0 saturated heterocycles. The molecule has 0 saturated carbocycles. The normalized spacial score (nSPS) is 10.8. The number of aliphatic hydroxyl groups excluding tert-OH is 1. The SMILES string of the molecule is COC(=O)/C=C/c1ccc(C(=O)c2ccc(OCCCCCCO)cc2)cc1. The highest BCUT2D eigenvalue weighted by Crippen LogP contribution is 2.17. The number of benzene rings is 2. The third-order valence-corrected chi connectivity index (χ3v) is 4.22. The number of ether oxygens (including phenoxy) is 2. The molecule has 0 aromatic heterocycles. The van der Waals surface area contributed by atoms with Gasteiger partial charge in [-0.15, -0.1) is 0 Å². The largest absolute Gasteiger partial charge is 0.494 e. The van der Waals surface area contributed by atoms with Crippen LogP contribution in [-0.4, -0.2) is 37.2 Å². The van der Waals surface area contributed by atoms with Gasteiger partial charge in [-0.2, -0.15) is 0 Å². The number of hydrogen-bond donors (Lipinski definition) is 1. The van der Waals surface area contributed by atoms with E-state index in [9.17, 15) is 9.59 Å². The molecule has 0 atom stereocenters. The van der Waals surface area contributed by atoms with E-state index in [-0.39, 0.29) is 12.4 Å². The summed E-state index contributed by atoms with van der Waals surface area (Å²) in [6.45, 7) is 0.864. The summed E-state index contributed by atoms with van der Waals surface area (Å²) in [5.41, 5.74) is 1.98. The second-order valence-electron chi connectivity index (χ2n) is 6.32. The highest BCUT2D eigenvalue weighted by Gasteiger charge is 2.09. The minimum atomic E-state index is -0.423. The fraction of sp³-hybridized carbons (Fsp3) is 0.304. The van der Waals surface area contributed by atoms with Crippen LogP contribution in [0.2, 0.25) is 0 Å². The van der Waals surface area contributed by atoms with Gasteiger partial charge >= 0.3 is 5.97 Å². The van der Waals surface area contributed by atoms with Crippen molar-refractivity contribution in [2.75, 3.05) is 20.3 Å². The number of unbranched alkanes of at least 4 members (excludes halogenated alkanes) is 3. The summed E-state index contributed by atoms with van der Waals surface area (Å²) in [5, 5.41) is 8.74. The third kappa shape index (κ3) is 7.00. The van der Waals surface area contributed by atoms with E-state index in [0.717, 1.165) is 37.0 Å². The number of ketones is 1. The van der Waals surface area contributed by atoms with Gasteiger partial charge in [0.2, 0.25) is 0 Å². The Bertz CT molecular complexity index is 776. The molecule has 5 heteroatoms. The van der Waals surface area contributed by atoms with Crippen molar-refractivity contribution in [3.63, 3.8) is 0 Å². The van der Waals surface area contributed by atoms with Gasteiger partial charge in [-0.1, -0.05) is 30.7 Å². The molecule has 0 aliphatic carbocycles. The lowest BCUT2D eigenvalue weighted by molar-refractivity contribution is -0.134. The van der Waals surface area contributed by atoms with Crippen molar-refractivity contribution in [3.8, 4) is 5.75 Å². The van der Waals surface area contributed by atoms with Gasteiger partial charge in [-0.3, -0.25) is 4.79 Å². The molecule has 5 nitrogen and oxygen atoms in total. The molecule has 2 aromatic rings. The maximum atomic E-state index is 12.6. The first-order chi connectivity index (χ1) is 13.6. The van der Waals surface area contributed by atoms with Crippen LogP contribution in [0, 0.1) is 0 Å². The van der Waals surface area contributed by atoms with Crippen molar-refractivity contribution < 1.29 is 24.2 Å². The van der Waals surface area contributed by atoms with Gasteiger partial charge < -0.3 is 14.6 Å². The number of rotatable bonds is 11. The Morgan fingerprint density at radius 1 is 0.893 bits per heavy atom. The Morgan fingerprint density at radius 2 is 1.50 bits per heavy atom. The van der Waals surface area contributed by atoms with Gasteiger partial charge in [0.25, 0.3) is 0 Å². The Morgan fingerprint density at radius 3 is 2.11 bits per heavy atom. The molecule has 0 aliphatic heterocycles. The molecule has 0 bridgehead atoms. The molecular weight excluding hydrogens is 356 g/mol. The van der Waals surface area contributed by atoms with Crippen molar-refractivity contribution in [1.29, 1.82) is 0 Å². The van der Waals surface area contributed by atoms with E-state index in [1.807, 2.05) is 0 Å². The minimum absolute atomic E-state index is 0.0703. The predicted molar refractivity (Wildman–Crippen MR) is 108 cm³/mol. The molecular formula is C23H26O5. The van der Waals surface area contributed by atoms with Crippen LogP contribution in [0.15, 0.2) is 54.6 Å². The molecule has 148 valence electrons. The second kappa shape index (κ2) is 11.7. The Kier molecular flexibility index (Phi) is 8.95. The van der Waals surface area contributed by atoms with E-state index in [1.165, 1.54) is 13.2 Å². The summed E-state index contributed by atoms with van der Waals surface area (Å²) in [6, 6.07) is 14.1. The van der Waals surface area contributed by atoms with Gasteiger partial charge in [0.1, 0.15) is 5.75 Å². The summed E-state index contributed by atoms with van der Waals surface area (Å²) in [7, 11) is 1.32. The van der Waals surface area contributed by atoms with E-state index in [4.69, 9.17) is 9.84 Å². The Hall–Kier alpha value is -2.92. The molecule has 2 rings (SSSR count). The van der Waals surface area contributed by atoms with E-state index in [0.29, 0.717) is 17.7 Å². The summed E-state index contributed by atoms with van der Waals surface area (Å²) in [4.78, 5) is 23.7. The van der Waals surface area contributed by atoms with E-state index in [2.05, 4.69) is 4.74 Å². The number of esters is 1. The van der Waals surface area contributed by atoms with Crippen LogP contribution >= 0.6 is 0 Å². The summed E-state index contributed by atoms with van der Waals surface area (Å²) < 4.78 is 10.2. The Labute approximate surface area is 165 Å². The van der Waals surface area contributed by atoms with Crippen molar-refractivity contribution in [2.24, 2.45) is 0 Å². The quantitative estimate of drug-likeness (QED) is 0.275. The first-order valence-corrected chi connectivity index (χ1v) is 9.38. The minimum Gasteiger partial charge on any atom is -0.494 e. The maximum absolute atomic E-state index is 12.6. The molecule has 0 heterocycles. The van der Waals surface area contributed by atoms with Gasteiger partial charge in [0.15, 0.2) is 5.78 Å². The maximum Gasteiger partial charge on any atom is 0.330 e. The van der Waals surface area contributed by atoms with Crippen LogP contribution in [0.1, 0.15) is 47.2 Å². The zero-order chi connectivity index (χ0) is 20.2. The smallest absolute Gasteiger partial charge is 0.330 e. The van der Waals surface area contributed by atoms with Crippen molar-refractivity contribution in [3.05, 3.63) is 71.3 Å². The van der Waals surface area contributed by atoms with Crippen LogP contribution in [0.4, 0.5) is 0 Å². The number of carbonyl (C=O) groups excluding carboxylic acids is 2. The van der Waals surface area contributed by atoms with Crippen LogP contribution in [0.5, 0.6) is 5.75 Å². The number of carbonyl (C=O) groups is 2. The van der Waals surface area contributed by atoms with Crippen LogP contribution in [0.25, 0.3) is 6.08 Å². The summed E-state index contributed by atoms with van der Waals surface area (Å²) >= 11 is 0. The van der Waals surface area contributed by atoms with Crippen molar-refractivity contribution in [2.45, 2.75) is 25.7 Å². The first kappa shape index (κ1) is 21.4. The standard InChI is InChI=1S/C23H26O5/c1-27-22(25)15-8-18-6-9-19(10-7-18)23(26)20-11-13-21(14-12-20)28-17-5-3-2-4-16-24/h6-15,24H,2-5,16-17H2,1H3/b15-8+. The van der Waals surface area contributed by atoms with E-state index < -0.39 is 5.97 Å². The van der Waals surface area contributed by atoms with Gasteiger partial charge in [0.05, 0.1) is 13.7 Å². The topological polar surface area (TPSA) is 72.8 Å². The second-order valence-corrected chi connectivity index (χ2v) is 6.32. The van der Waals surface area contributed by atoms with Crippen molar-refractivity contribution >= 4 is 17.8 Å². The zero-order valence-corrected chi connectivity index (χ0v) is 16.1. The monoisotopic (exact) mass is 382 g/mol. The molecule has 0 spiro atoms. The fourth-order valence-electron chi connectivity index (χ4n) is 2.60. The molecule has 0 amide bonds. The molecule has 0 radical (unpaired) electrons. The van der Waals surface area contributed by atoms with Crippen molar-refractivity contribution in [1.82, 2.24) is 0 Å². The van der Waals surface area contributed by atoms with E-state index in [1.54, 1.807) is 54.6 Å². The van der Waals surface area contributed by atoms with Crippen LogP contribution in [0.3, 0.4) is 0 Å². The Balaban J connectivity index is 1.88. The van der Waals surface area contributed by atoms with Crippen LogP contribution < -0.4 is 4.74 Å². The number of hydrogen-bond acceptors (Lipinski definition) is 5. The molecule has 1 N–H and O–H groups in total. The molecule has 28 heavy (non-hydrogen) atoms. The molecule has 0 aliphatic rings. The predicted octanol–water partition coefficient (Wildman–Crippen LogP) is 4.04. The molecule has 2 aromatic carbocycles. The average Bonchev–Trinajstić information content (AvgIpc) is 2.74. The van der Waals surface area contributed by atoms with Crippen LogP contribution in [-0.2, 0) is 9.53 Å². The van der Waals surface area contributed by atoms with Gasteiger partial charge in [-0.25, -0.2) is 4.79 Å². The first-order valence-electron chi connectivity index (χ1n) is 9.38. The molecule has 0 unspecified atom stereocenters. The highest BCUT2D eigenvalue weighted by atomic mass is 16.5. The fourth-order valence-corrected chi connectivity index (χ4v) is 2.60. The van der Waals surface area contributed by atoms with Gasteiger partial charge in [-0.05, 0) is 55.2 Å². The average molecular weight is 382 g/mol. The lowest BCUT2D eigenvalue weighted by atomic mass is 10.0. The number of aliphatic hydroxyl groups is 1. The lowest BCUT2D eigenvalue weighted by Crippen LogP contribution is -2.02. The van der Waals surface area contributed by atoms with Gasteiger partial charge in [0, 0.05) is 23.8 Å². The third-order valence-electron chi connectivity index (χ3n) is 4.22.